The lowest BCUT2D eigenvalue weighted by Gasteiger charge is -2.33. The first-order valence-electron chi connectivity index (χ1n) is 7.64. The first kappa shape index (κ1) is 15.2. The molecule has 3 rings (SSSR count). The fourth-order valence-corrected chi connectivity index (χ4v) is 3.71. The number of rotatable bonds is 4. The molecule has 2 N–H and O–H groups in total. The highest BCUT2D eigenvalue weighted by Gasteiger charge is 2.29. The summed E-state index contributed by atoms with van der Waals surface area (Å²) in [5.74, 6) is 0.132. The third-order valence-electron chi connectivity index (χ3n) is 4.15. The fraction of sp³-hybridized carbons (Fsp3) is 0.412. The molecule has 1 saturated heterocycles. The summed E-state index contributed by atoms with van der Waals surface area (Å²) >= 11 is 1.74. The molecule has 2 atom stereocenters. The first-order valence-corrected chi connectivity index (χ1v) is 8.46. The van der Waals surface area contributed by atoms with Crippen LogP contribution in [-0.2, 0) is 11.3 Å². The Labute approximate surface area is 135 Å². The average molecular weight is 315 g/mol. The number of amides is 1. The molecule has 1 amide bonds. The quantitative estimate of drug-likeness (QED) is 0.912. The average Bonchev–Trinajstić information content (AvgIpc) is 2.85. The standard InChI is InChI=1S/C17H21N3OS/c1-11-12(2)22-16(19-11)10-18-14-8-9-15(21)20-17(14)13-6-4-3-5-7-13/h3-7,14,17-18H,8-10H2,1-2H3,(H,20,21)/t14-,17+/m1/s1. The van der Waals surface area contributed by atoms with E-state index in [0.29, 0.717) is 6.42 Å². The summed E-state index contributed by atoms with van der Waals surface area (Å²) in [6.07, 6.45) is 1.44. The Morgan fingerprint density at radius 1 is 1.32 bits per heavy atom. The lowest BCUT2D eigenvalue weighted by molar-refractivity contribution is -0.123. The van der Waals surface area contributed by atoms with Crippen molar-refractivity contribution in [2.45, 2.75) is 45.3 Å². The molecular weight excluding hydrogens is 294 g/mol. The van der Waals surface area contributed by atoms with Gasteiger partial charge >= 0.3 is 0 Å². The number of carbonyl (C=O) groups is 1. The SMILES string of the molecule is Cc1nc(CN[C@@H]2CCC(=O)N[C@H]2c2ccccc2)sc1C. The van der Waals surface area contributed by atoms with E-state index < -0.39 is 0 Å². The highest BCUT2D eigenvalue weighted by atomic mass is 32.1. The summed E-state index contributed by atoms with van der Waals surface area (Å²) in [6.45, 7) is 4.90. The van der Waals surface area contributed by atoms with Gasteiger partial charge < -0.3 is 10.6 Å². The number of hydrogen-bond donors (Lipinski definition) is 2. The number of nitrogens with zero attached hydrogens (tertiary/aromatic N) is 1. The zero-order chi connectivity index (χ0) is 15.5. The van der Waals surface area contributed by atoms with Crippen LogP contribution in [0.15, 0.2) is 30.3 Å². The Morgan fingerprint density at radius 3 is 2.77 bits per heavy atom. The normalized spacial score (nSPS) is 21.6. The van der Waals surface area contributed by atoms with Crippen LogP contribution in [0.2, 0.25) is 0 Å². The van der Waals surface area contributed by atoms with Crippen LogP contribution < -0.4 is 10.6 Å². The van der Waals surface area contributed by atoms with E-state index in [4.69, 9.17) is 0 Å². The smallest absolute Gasteiger partial charge is 0.220 e. The summed E-state index contributed by atoms with van der Waals surface area (Å²) in [6, 6.07) is 10.4. The monoisotopic (exact) mass is 315 g/mol. The van der Waals surface area contributed by atoms with Crippen molar-refractivity contribution >= 4 is 17.2 Å². The van der Waals surface area contributed by atoms with Gasteiger partial charge in [-0.05, 0) is 25.8 Å². The molecule has 5 heteroatoms. The summed E-state index contributed by atoms with van der Waals surface area (Å²) in [5, 5.41) is 7.81. The minimum Gasteiger partial charge on any atom is -0.348 e. The number of carbonyl (C=O) groups excluding carboxylic acids is 1. The predicted octanol–water partition coefficient (Wildman–Crippen LogP) is 2.87. The second kappa shape index (κ2) is 6.58. The van der Waals surface area contributed by atoms with Crippen molar-refractivity contribution in [2.24, 2.45) is 0 Å². The van der Waals surface area contributed by atoms with Crippen LogP contribution in [0.3, 0.4) is 0 Å². The molecule has 2 heterocycles. The van der Waals surface area contributed by atoms with Gasteiger partial charge in [0.15, 0.2) is 0 Å². The fourth-order valence-electron chi connectivity index (χ4n) is 2.83. The topological polar surface area (TPSA) is 54.0 Å². The molecule has 0 radical (unpaired) electrons. The van der Waals surface area contributed by atoms with Crippen molar-refractivity contribution in [3.63, 3.8) is 0 Å². The number of piperidine rings is 1. The zero-order valence-corrected chi connectivity index (χ0v) is 13.7. The number of benzene rings is 1. The minimum atomic E-state index is 0.0320. The third kappa shape index (κ3) is 3.36. The van der Waals surface area contributed by atoms with Crippen LogP contribution in [0, 0.1) is 13.8 Å². The molecule has 0 unspecified atom stereocenters. The maximum atomic E-state index is 11.8. The lowest BCUT2D eigenvalue weighted by Crippen LogP contribution is -2.48. The van der Waals surface area contributed by atoms with Gasteiger partial charge in [0, 0.05) is 23.9 Å². The van der Waals surface area contributed by atoms with E-state index in [0.717, 1.165) is 29.2 Å². The number of thiazole rings is 1. The van der Waals surface area contributed by atoms with E-state index in [9.17, 15) is 4.79 Å². The van der Waals surface area contributed by atoms with E-state index >= 15 is 0 Å². The molecule has 1 aliphatic heterocycles. The van der Waals surface area contributed by atoms with Gasteiger partial charge in [-0.2, -0.15) is 0 Å². The summed E-state index contributed by atoms with van der Waals surface area (Å²) in [7, 11) is 0. The Hall–Kier alpha value is -1.72. The molecule has 1 aromatic heterocycles. The highest BCUT2D eigenvalue weighted by molar-refractivity contribution is 7.11. The summed E-state index contributed by atoms with van der Waals surface area (Å²) in [4.78, 5) is 17.6. The maximum Gasteiger partial charge on any atom is 0.220 e. The van der Waals surface area contributed by atoms with E-state index in [2.05, 4.69) is 34.7 Å². The van der Waals surface area contributed by atoms with Crippen molar-refractivity contribution in [1.29, 1.82) is 0 Å². The number of hydrogen-bond acceptors (Lipinski definition) is 4. The van der Waals surface area contributed by atoms with Crippen molar-refractivity contribution in [3.05, 3.63) is 51.5 Å². The molecule has 116 valence electrons. The molecule has 0 spiro atoms. The van der Waals surface area contributed by atoms with Crippen LogP contribution in [0.5, 0.6) is 0 Å². The van der Waals surface area contributed by atoms with Crippen LogP contribution >= 0.6 is 11.3 Å². The van der Waals surface area contributed by atoms with Gasteiger partial charge in [-0.15, -0.1) is 11.3 Å². The molecule has 4 nitrogen and oxygen atoms in total. The number of aromatic nitrogens is 1. The molecule has 0 aliphatic carbocycles. The van der Waals surface area contributed by atoms with Gasteiger partial charge in [-0.25, -0.2) is 4.98 Å². The molecule has 2 aromatic rings. The first-order chi connectivity index (χ1) is 10.6. The molecule has 0 bridgehead atoms. The Balaban J connectivity index is 1.71. The van der Waals surface area contributed by atoms with Crippen molar-refractivity contribution in [3.8, 4) is 0 Å². The van der Waals surface area contributed by atoms with Crippen molar-refractivity contribution < 1.29 is 4.79 Å². The molecule has 1 aromatic carbocycles. The van der Waals surface area contributed by atoms with Crippen LogP contribution in [0.25, 0.3) is 0 Å². The molecule has 1 aliphatic rings. The molecule has 22 heavy (non-hydrogen) atoms. The summed E-state index contributed by atoms with van der Waals surface area (Å²) < 4.78 is 0. The molecule has 0 saturated carbocycles. The summed E-state index contributed by atoms with van der Waals surface area (Å²) in [5.41, 5.74) is 2.26. The second-order valence-corrected chi connectivity index (χ2v) is 7.02. The number of aryl methyl sites for hydroxylation is 2. The number of nitrogens with one attached hydrogen (secondary N) is 2. The van der Waals surface area contributed by atoms with Crippen molar-refractivity contribution in [1.82, 2.24) is 15.6 Å². The van der Waals surface area contributed by atoms with E-state index in [1.165, 1.54) is 4.88 Å². The van der Waals surface area contributed by atoms with Gasteiger partial charge in [-0.3, -0.25) is 4.79 Å². The second-order valence-electron chi connectivity index (χ2n) is 5.73. The largest absolute Gasteiger partial charge is 0.348 e. The highest BCUT2D eigenvalue weighted by Crippen LogP contribution is 2.25. The van der Waals surface area contributed by atoms with E-state index in [1.54, 1.807) is 11.3 Å². The van der Waals surface area contributed by atoms with Crippen molar-refractivity contribution in [2.75, 3.05) is 0 Å². The zero-order valence-electron chi connectivity index (χ0n) is 12.9. The van der Waals surface area contributed by atoms with E-state index in [-0.39, 0.29) is 18.0 Å². The molecule has 1 fully saturated rings. The lowest BCUT2D eigenvalue weighted by atomic mass is 9.92. The van der Waals surface area contributed by atoms with Gasteiger partial charge in [0.2, 0.25) is 5.91 Å². The minimum absolute atomic E-state index is 0.0320. The van der Waals surface area contributed by atoms with Gasteiger partial charge in [0.05, 0.1) is 11.7 Å². The van der Waals surface area contributed by atoms with Crippen LogP contribution in [-0.4, -0.2) is 16.9 Å². The van der Waals surface area contributed by atoms with Crippen LogP contribution in [0.1, 0.15) is 40.0 Å². The third-order valence-corrected chi connectivity index (χ3v) is 5.22. The molecular formula is C17H21N3OS. The van der Waals surface area contributed by atoms with Gasteiger partial charge in [0.25, 0.3) is 0 Å². The van der Waals surface area contributed by atoms with Gasteiger partial charge in [0.1, 0.15) is 5.01 Å². The predicted molar refractivity (Wildman–Crippen MR) is 88.8 cm³/mol. The van der Waals surface area contributed by atoms with Crippen LogP contribution in [0.4, 0.5) is 0 Å². The van der Waals surface area contributed by atoms with Gasteiger partial charge in [-0.1, -0.05) is 30.3 Å². The Kier molecular flexibility index (Phi) is 4.55. The maximum absolute atomic E-state index is 11.8. The Bertz CT molecular complexity index is 634. The Morgan fingerprint density at radius 2 is 2.09 bits per heavy atom. The van der Waals surface area contributed by atoms with E-state index in [1.807, 2.05) is 25.1 Å².